The molecule has 7 heteroatoms. The highest BCUT2D eigenvalue weighted by molar-refractivity contribution is 6.34. The van der Waals surface area contributed by atoms with E-state index >= 15 is 0 Å². The van der Waals surface area contributed by atoms with Crippen LogP contribution >= 0.6 is 11.6 Å². The lowest BCUT2D eigenvalue weighted by atomic mass is 10.2. The molecule has 0 saturated heterocycles. The molecule has 1 amide bonds. The van der Waals surface area contributed by atoms with Crippen molar-refractivity contribution in [3.05, 3.63) is 52.8 Å². The van der Waals surface area contributed by atoms with Crippen LogP contribution in [0.4, 0.5) is 11.4 Å². The van der Waals surface area contributed by atoms with Gasteiger partial charge in [0.25, 0.3) is 5.91 Å². The average Bonchev–Trinajstić information content (AvgIpc) is 2.63. The van der Waals surface area contributed by atoms with E-state index in [1.54, 1.807) is 18.3 Å². The number of hydrogen-bond acceptors (Lipinski definition) is 5. The number of unbranched alkanes of at least 4 members (excludes halogenated alkanes) is 1. The normalized spacial score (nSPS) is 10.2. The molecule has 25 heavy (non-hydrogen) atoms. The smallest absolute Gasteiger partial charge is 0.337 e. The lowest BCUT2D eigenvalue weighted by molar-refractivity contribution is 0.0600. The Morgan fingerprint density at radius 2 is 2.04 bits per heavy atom. The fourth-order valence-corrected chi connectivity index (χ4v) is 2.26. The minimum Gasteiger partial charge on any atom is -0.465 e. The quantitative estimate of drug-likeness (QED) is 0.575. The minimum atomic E-state index is -0.507. The van der Waals surface area contributed by atoms with Gasteiger partial charge in [0, 0.05) is 6.54 Å². The highest BCUT2D eigenvalue weighted by atomic mass is 35.5. The van der Waals surface area contributed by atoms with E-state index in [9.17, 15) is 9.59 Å². The largest absolute Gasteiger partial charge is 0.465 e. The second kappa shape index (κ2) is 9.03. The molecule has 0 atom stereocenters. The van der Waals surface area contributed by atoms with Gasteiger partial charge < -0.3 is 15.4 Å². The number of pyridine rings is 1. The zero-order valence-electron chi connectivity index (χ0n) is 14.1. The van der Waals surface area contributed by atoms with Crippen LogP contribution in [0.3, 0.4) is 0 Å². The Morgan fingerprint density at radius 3 is 2.68 bits per heavy atom. The molecule has 2 rings (SSSR count). The van der Waals surface area contributed by atoms with Crippen LogP contribution in [0.2, 0.25) is 5.02 Å². The number of hydrogen-bond donors (Lipinski definition) is 2. The van der Waals surface area contributed by atoms with Gasteiger partial charge >= 0.3 is 5.97 Å². The molecule has 1 aromatic heterocycles. The van der Waals surface area contributed by atoms with E-state index in [0.717, 1.165) is 25.1 Å². The van der Waals surface area contributed by atoms with Crippen LogP contribution in [0.5, 0.6) is 0 Å². The van der Waals surface area contributed by atoms with E-state index in [2.05, 4.69) is 27.3 Å². The highest BCUT2D eigenvalue weighted by Gasteiger charge is 2.13. The highest BCUT2D eigenvalue weighted by Crippen LogP contribution is 2.24. The molecule has 0 spiro atoms. The summed E-state index contributed by atoms with van der Waals surface area (Å²) in [4.78, 5) is 28.0. The number of ether oxygens (including phenoxy) is 1. The van der Waals surface area contributed by atoms with Crippen LogP contribution in [0, 0.1) is 0 Å². The number of methoxy groups -OCH3 is 1. The summed E-state index contributed by atoms with van der Waals surface area (Å²) >= 11 is 6.07. The number of anilines is 2. The van der Waals surface area contributed by atoms with Gasteiger partial charge in [0.1, 0.15) is 5.69 Å². The molecule has 0 aliphatic carbocycles. The van der Waals surface area contributed by atoms with Crippen LogP contribution in [-0.2, 0) is 4.74 Å². The summed E-state index contributed by atoms with van der Waals surface area (Å²) in [5.74, 6) is -0.920. The third-order valence-electron chi connectivity index (χ3n) is 3.49. The summed E-state index contributed by atoms with van der Waals surface area (Å²) in [5.41, 5.74) is 1.73. The van der Waals surface area contributed by atoms with Crippen molar-refractivity contribution < 1.29 is 14.3 Å². The number of nitrogens with one attached hydrogen (secondary N) is 2. The lowest BCUT2D eigenvalue weighted by Gasteiger charge is -2.09. The van der Waals surface area contributed by atoms with Gasteiger partial charge in [-0.15, -0.1) is 0 Å². The van der Waals surface area contributed by atoms with Crippen molar-refractivity contribution in [3.63, 3.8) is 0 Å². The molecule has 2 aromatic rings. The monoisotopic (exact) mass is 361 g/mol. The summed E-state index contributed by atoms with van der Waals surface area (Å²) < 4.78 is 4.66. The number of nitrogens with zero attached hydrogens (tertiary/aromatic N) is 1. The Kier molecular flexibility index (Phi) is 6.77. The van der Waals surface area contributed by atoms with Gasteiger partial charge in [0.2, 0.25) is 0 Å². The molecule has 0 aliphatic heterocycles. The fourth-order valence-electron chi connectivity index (χ4n) is 2.09. The van der Waals surface area contributed by atoms with Gasteiger partial charge in [-0.2, -0.15) is 0 Å². The molecule has 1 aromatic carbocycles. The number of carbonyl (C=O) groups is 2. The Morgan fingerprint density at radius 1 is 1.24 bits per heavy atom. The molecule has 132 valence electrons. The van der Waals surface area contributed by atoms with Crippen LogP contribution in [-0.4, -0.2) is 30.5 Å². The van der Waals surface area contributed by atoms with E-state index in [1.807, 2.05) is 0 Å². The predicted molar refractivity (Wildman–Crippen MR) is 98.4 cm³/mol. The number of aromatic nitrogens is 1. The van der Waals surface area contributed by atoms with Gasteiger partial charge in [-0.05, 0) is 36.8 Å². The molecule has 0 fully saturated rings. The topological polar surface area (TPSA) is 80.3 Å². The van der Waals surface area contributed by atoms with Gasteiger partial charge in [-0.25, -0.2) is 9.78 Å². The maximum Gasteiger partial charge on any atom is 0.337 e. The molecule has 0 saturated carbocycles. The van der Waals surface area contributed by atoms with Crippen molar-refractivity contribution in [1.29, 1.82) is 0 Å². The number of halogens is 1. The Hall–Kier alpha value is -2.60. The zero-order chi connectivity index (χ0) is 18.2. The lowest BCUT2D eigenvalue weighted by Crippen LogP contribution is -2.15. The molecular weight excluding hydrogens is 342 g/mol. The SMILES string of the molecule is CCCCNc1ccc(C(=O)Nc2cc(C(=O)OC)ccc2Cl)nc1. The van der Waals surface area contributed by atoms with Crippen molar-refractivity contribution in [3.8, 4) is 0 Å². The second-order valence-electron chi connectivity index (χ2n) is 5.35. The minimum absolute atomic E-state index is 0.251. The van der Waals surface area contributed by atoms with E-state index < -0.39 is 11.9 Å². The van der Waals surface area contributed by atoms with Crippen LogP contribution in [0.15, 0.2) is 36.5 Å². The van der Waals surface area contributed by atoms with Crippen molar-refractivity contribution in [2.24, 2.45) is 0 Å². The Bertz CT molecular complexity index is 748. The molecule has 0 bridgehead atoms. The Labute approximate surface area is 151 Å². The summed E-state index contributed by atoms with van der Waals surface area (Å²) in [6.07, 6.45) is 3.78. The van der Waals surface area contributed by atoms with Crippen molar-refractivity contribution in [1.82, 2.24) is 4.98 Å². The van der Waals surface area contributed by atoms with Crippen LogP contribution in [0.1, 0.15) is 40.6 Å². The van der Waals surface area contributed by atoms with Crippen LogP contribution in [0.25, 0.3) is 0 Å². The van der Waals surface area contributed by atoms with Crippen molar-refractivity contribution in [2.45, 2.75) is 19.8 Å². The molecule has 2 N–H and O–H groups in total. The van der Waals surface area contributed by atoms with Crippen molar-refractivity contribution >= 4 is 34.9 Å². The maximum atomic E-state index is 12.3. The van der Waals surface area contributed by atoms with Gasteiger partial charge in [-0.1, -0.05) is 24.9 Å². The first kappa shape index (κ1) is 18.7. The van der Waals surface area contributed by atoms with Gasteiger partial charge in [0.15, 0.2) is 0 Å². The van der Waals surface area contributed by atoms with Gasteiger partial charge in [-0.3, -0.25) is 4.79 Å². The first-order valence-corrected chi connectivity index (χ1v) is 8.32. The molecule has 0 aliphatic rings. The summed E-state index contributed by atoms with van der Waals surface area (Å²) in [6, 6.07) is 7.94. The van der Waals surface area contributed by atoms with Crippen molar-refractivity contribution in [2.75, 3.05) is 24.3 Å². The van der Waals surface area contributed by atoms with Crippen LogP contribution < -0.4 is 10.6 Å². The average molecular weight is 362 g/mol. The Balaban J connectivity index is 2.07. The third kappa shape index (κ3) is 5.19. The standard InChI is InChI=1S/C18H20ClN3O3/c1-3-4-9-20-13-6-8-15(21-11-13)17(23)22-16-10-12(18(24)25-2)5-7-14(16)19/h5-8,10-11,20H,3-4,9H2,1-2H3,(H,22,23). The van der Waals surface area contributed by atoms with E-state index in [-0.39, 0.29) is 5.69 Å². The number of amides is 1. The fraction of sp³-hybridized carbons (Fsp3) is 0.278. The van der Waals surface area contributed by atoms with E-state index in [4.69, 9.17) is 11.6 Å². The van der Waals surface area contributed by atoms with E-state index in [1.165, 1.54) is 25.3 Å². The number of benzene rings is 1. The number of carbonyl (C=O) groups excluding carboxylic acids is 2. The molecule has 6 nitrogen and oxygen atoms in total. The second-order valence-corrected chi connectivity index (χ2v) is 5.76. The first-order chi connectivity index (χ1) is 12.0. The number of rotatable bonds is 7. The molecule has 0 unspecified atom stereocenters. The van der Waals surface area contributed by atoms with Gasteiger partial charge in [0.05, 0.1) is 35.3 Å². The maximum absolute atomic E-state index is 12.3. The zero-order valence-corrected chi connectivity index (χ0v) is 14.9. The molecule has 1 heterocycles. The summed E-state index contributed by atoms with van der Waals surface area (Å²) in [5, 5.41) is 6.20. The summed E-state index contributed by atoms with van der Waals surface area (Å²) in [6.45, 7) is 2.98. The van der Waals surface area contributed by atoms with E-state index in [0.29, 0.717) is 16.3 Å². The predicted octanol–water partition coefficient (Wildman–Crippen LogP) is 3.99. The molecule has 0 radical (unpaired) electrons. The summed E-state index contributed by atoms with van der Waals surface area (Å²) in [7, 11) is 1.29. The third-order valence-corrected chi connectivity index (χ3v) is 3.82. The number of esters is 1. The molecular formula is C18H20ClN3O3. The first-order valence-electron chi connectivity index (χ1n) is 7.94.